The topological polar surface area (TPSA) is 55.8 Å². The van der Waals surface area contributed by atoms with Gasteiger partial charge in [0.25, 0.3) is 0 Å². The normalized spacial score (nSPS) is 15.3. The second-order valence-electron chi connectivity index (χ2n) is 3.77. The lowest BCUT2D eigenvalue weighted by molar-refractivity contribution is 0.0415. The van der Waals surface area contributed by atoms with Gasteiger partial charge in [0, 0.05) is 19.2 Å². The number of nitrogens with zero attached hydrogens (tertiary/aromatic N) is 1. The summed E-state index contributed by atoms with van der Waals surface area (Å²) in [6.45, 7) is 1.84. The first kappa shape index (κ1) is 12.5. The van der Waals surface area contributed by atoms with Crippen molar-refractivity contribution in [1.29, 1.82) is 0 Å². The van der Waals surface area contributed by atoms with E-state index in [2.05, 4.69) is 0 Å². The van der Waals surface area contributed by atoms with Crippen molar-refractivity contribution < 1.29 is 23.5 Å². The van der Waals surface area contributed by atoms with Gasteiger partial charge < -0.3 is 14.4 Å². The molecule has 1 aliphatic rings. The number of ether oxygens (including phenoxy) is 2. The van der Waals surface area contributed by atoms with Crippen molar-refractivity contribution in [3.63, 3.8) is 0 Å². The third kappa shape index (κ3) is 2.84. The summed E-state index contributed by atoms with van der Waals surface area (Å²) in [7, 11) is 0. The number of morpholine rings is 1. The fourth-order valence-corrected chi connectivity index (χ4v) is 1.58. The quantitative estimate of drug-likeness (QED) is 0.749. The van der Waals surface area contributed by atoms with Crippen molar-refractivity contribution in [1.82, 2.24) is 4.90 Å². The Labute approximate surface area is 103 Å². The van der Waals surface area contributed by atoms with Crippen LogP contribution in [0.25, 0.3) is 0 Å². The monoisotopic (exact) mass is 253 g/mol. The van der Waals surface area contributed by atoms with Crippen molar-refractivity contribution in [2.45, 2.75) is 0 Å². The minimum atomic E-state index is -0.711. The Morgan fingerprint density at radius 3 is 2.72 bits per heavy atom. The molecule has 0 spiro atoms. The van der Waals surface area contributed by atoms with Gasteiger partial charge in [0.05, 0.1) is 18.8 Å². The Kier molecular flexibility index (Phi) is 3.88. The molecule has 18 heavy (non-hydrogen) atoms. The van der Waals surface area contributed by atoms with Crippen LogP contribution in [0, 0.1) is 5.82 Å². The highest BCUT2D eigenvalue weighted by molar-refractivity contribution is 5.76. The number of benzene rings is 1. The van der Waals surface area contributed by atoms with Crippen LogP contribution in [0.15, 0.2) is 18.2 Å². The van der Waals surface area contributed by atoms with Gasteiger partial charge in [0.2, 0.25) is 0 Å². The third-order valence-corrected chi connectivity index (χ3v) is 2.57. The van der Waals surface area contributed by atoms with Crippen LogP contribution in [0.2, 0.25) is 0 Å². The molecule has 0 bridgehead atoms. The first-order chi connectivity index (χ1) is 8.70. The SMILES string of the molecule is O=Cc1ccc(OC(=O)N2CCOCC2)cc1F. The Morgan fingerprint density at radius 2 is 2.11 bits per heavy atom. The van der Waals surface area contributed by atoms with Crippen molar-refractivity contribution >= 4 is 12.4 Å². The first-order valence-corrected chi connectivity index (χ1v) is 5.50. The van der Waals surface area contributed by atoms with E-state index in [4.69, 9.17) is 9.47 Å². The number of halogens is 1. The number of carbonyl (C=O) groups is 2. The molecule has 6 heteroatoms. The van der Waals surface area contributed by atoms with Crippen molar-refractivity contribution in [3.05, 3.63) is 29.6 Å². The summed E-state index contributed by atoms with van der Waals surface area (Å²) in [5.41, 5.74) is -0.0684. The van der Waals surface area contributed by atoms with E-state index in [9.17, 15) is 14.0 Å². The molecule has 0 saturated carbocycles. The van der Waals surface area contributed by atoms with Crippen LogP contribution >= 0.6 is 0 Å². The summed E-state index contributed by atoms with van der Waals surface area (Å²) in [5, 5.41) is 0. The molecule has 1 aromatic rings. The number of rotatable bonds is 2. The largest absolute Gasteiger partial charge is 0.415 e. The zero-order valence-electron chi connectivity index (χ0n) is 9.60. The minimum Gasteiger partial charge on any atom is -0.410 e. The van der Waals surface area contributed by atoms with E-state index in [0.29, 0.717) is 32.6 Å². The molecule has 0 N–H and O–H groups in total. The maximum Gasteiger partial charge on any atom is 0.415 e. The summed E-state index contributed by atoms with van der Waals surface area (Å²) in [6.07, 6.45) is -0.139. The van der Waals surface area contributed by atoms with Gasteiger partial charge in [-0.3, -0.25) is 4.79 Å². The Hall–Kier alpha value is -1.95. The number of aldehydes is 1. The fourth-order valence-electron chi connectivity index (χ4n) is 1.58. The molecule has 96 valence electrons. The van der Waals surface area contributed by atoms with Crippen LogP contribution in [-0.2, 0) is 4.74 Å². The first-order valence-electron chi connectivity index (χ1n) is 5.50. The van der Waals surface area contributed by atoms with E-state index >= 15 is 0 Å². The molecule has 1 saturated heterocycles. The second kappa shape index (κ2) is 5.59. The summed E-state index contributed by atoms with van der Waals surface area (Å²) in [4.78, 5) is 23.6. The lowest BCUT2D eigenvalue weighted by atomic mass is 10.2. The number of carbonyl (C=O) groups excluding carboxylic acids is 2. The lowest BCUT2D eigenvalue weighted by Crippen LogP contribution is -2.42. The highest BCUT2D eigenvalue weighted by Crippen LogP contribution is 2.16. The van der Waals surface area contributed by atoms with E-state index < -0.39 is 11.9 Å². The predicted molar refractivity (Wildman–Crippen MR) is 60.2 cm³/mol. The van der Waals surface area contributed by atoms with Gasteiger partial charge in [-0.2, -0.15) is 0 Å². The molecule has 1 aliphatic heterocycles. The molecule has 0 aromatic heterocycles. The molecule has 1 aromatic carbocycles. The third-order valence-electron chi connectivity index (χ3n) is 2.57. The van der Waals surface area contributed by atoms with Crippen molar-refractivity contribution in [2.75, 3.05) is 26.3 Å². The van der Waals surface area contributed by atoms with Crippen LogP contribution in [0.5, 0.6) is 5.75 Å². The maximum absolute atomic E-state index is 13.3. The molecule has 1 amide bonds. The Bertz CT molecular complexity index is 457. The minimum absolute atomic E-state index is 0.0684. The smallest absolute Gasteiger partial charge is 0.410 e. The summed E-state index contributed by atoms with van der Waals surface area (Å²) >= 11 is 0. The highest BCUT2D eigenvalue weighted by atomic mass is 19.1. The van der Waals surface area contributed by atoms with Crippen molar-refractivity contribution in [3.8, 4) is 5.75 Å². The molecular weight excluding hydrogens is 241 g/mol. The molecular formula is C12H12FNO4. The molecule has 0 radical (unpaired) electrons. The van der Waals surface area contributed by atoms with Crippen LogP contribution in [0.1, 0.15) is 10.4 Å². The molecule has 0 aliphatic carbocycles. The highest BCUT2D eigenvalue weighted by Gasteiger charge is 2.19. The van der Waals surface area contributed by atoms with Gasteiger partial charge in [-0.15, -0.1) is 0 Å². The van der Waals surface area contributed by atoms with Crippen LogP contribution in [-0.4, -0.2) is 43.6 Å². The average molecular weight is 253 g/mol. The summed E-state index contributed by atoms with van der Waals surface area (Å²) in [5.74, 6) is -0.633. The standard InChI is InChI=1S/C12H12FNO4/c13-11-7-10(2-1-9(11)8-15)18-12(16)14-3-5-17-6-4-14/h1-2,7-8H,3-6H2. The van der Waals surface area contributed by atoms with E-state index in [1.54, 1.807) is 0 Å². The molecule has 2 rings (SSSR count). The maximum atomic E-state index is 13.3. The number of hydrogen-bond donors (Lipinski definition) is 0. The summed E-state index contributed by atoms with van der Waals surface area (Å²) < 4.78 is 23.4. The van der Waals surface area contributed by atoms with E-state index in [0.717, 1.165) is 6.07 Å². The second-order valence-corrected chi connectivity index (χ2v) is 3.77. The summed E-state index contributed by atoms with van der Waals surface area (Å²) in [6, 6.07) is 3.66. The number of hydrogen-bond acceptors (Lipinski definition) is 4. The molecule has 1 fully saturated rings. The Balaban J connectivity index is 2.02. The average Bonchev–Trinajstić information content (AvgIpc) is 2.40. The zero-order valence-corrected chi connectivity index (χ0v) is 9.60. The molecule has 0 unspecified atom stereocenters. The van der Waals surface area contributed by atoms with Gasteiger partial charge in [-0.05, 0) is 12.1 Å². The zero-order chi connectivity index (χ0) is 13.0. The van der Waals surface area contributed by atoms with Crippen LogP contribution in [0.3, 0.4) is 0 Å². The van der Waals surface area contributed by atoms with Gasteiger partial charge in [-0.25, -0.2) is 9.18 Å². The molecule has 5 nitrogen and oxygen atoms in total. The lowest BCUT2D eigenvalue weighted by Gasteiger charge is -2.25. The molecule has 1 heterocycles. The van der Waals surface area contributed by atoms with E-state index in [1.165, 1.54) is 17.0 Å². The van der Waals surface area contributed by atoms with Crippen LogP contribution in [0.4, 0.5) is 9.18 Å². The Morgan fingerprint density at radius 1 is 1.39 bits per heavy atom. The van der Waals surface area contributed by atoms with Gasteiger partial charge in [-0.1, -0.05) is 0 Å². The van der Waals surface area contributed by atoms with Crippen molar-refractivity contribution in [2.24, 2.45) is 0 Å². The van der Waals surface area contributed by atoms with Gasteiger partial charge >= 0.3 is 6.09 Å². The van der Waals surface area contributed by atoms with Crippen LogP contribution < -0.4 is 4.74 Å². The molecule has 0 atom stereocenters. The number of amides is 1. The predicted octanol–water partition coefficient (Wildman–Crippen LogP) is 1.47. The fraction of sp³-hybridized carbons (Fsp3) is 0.333. The van der Waals surface area contributed by atoms with Gasteiger partial charge in [0.15, 0.2) is 6.29 Å². The van der Waals surface area contributed by atoms with E-state index in [-0.39, 0.29) is 11.3 Å². The van der Waals surface area contributed by atoms with E-state index in [1.807, 2.05) is 0 Å². The van der Waals surface area contributed by atoms with Gasteiger partial charge in [0.1, 0.15) is 11.6 Å².